The molecule has 10 nitrogen and oxygen atoms in total. The van der Waals surface area contributed by atoms with Gasteiger partial charge in [-0.15, -0.1) is 0 Å². The van der Waals surface area contributed by atoms with Crippen molar-refractivity contribution in [3.63, 3.8) is 0 Å². The summed E-state index contributed by atoms with van der Waals surface area (Å²) in [7, 11) is 3.29. The van der Waals surface area contributed by atoms with E-state index >= 15 is 0 Å². The lowest BCUT2D eigenvalue weighted by Gasteiger charge is -2.44. The van der Waals surface area contributed by atoms with Crippen LogP contribution in [0.15, 0.2) is 36.4 Å². The number of rotatable bonds is 8. The zero-order valence-corrected chi connectivity index (χ0v) is 22.9. The van der Waals surface area contributed by atoms with E-state index in [-0.39, 0.29) is 17.5 Å². The smallest absolute Gasteiger partial charge is 0.326 e. The van der Waals surface area contributed by atoms with Gasteiger partial charge in [-0.1, -0.05) is 12.1 Å². The molecular formula is C28H40N6O4. The number of anilines is 1. The Morgan fingerprint density at radius 1 is 1.11 bits per heavy atom. The summed E-state index contributed by atoms with van der Waals surface area (Å²) in [6.07, 6.45) is 1.65. The second kappa shape index (κ2) is 10.7. The Morgan fingerprint density at radius 3 is 2.50 bits per heavy atom. The summed E-state index contributed by atoms with van der Waals surface area (Å²) < 4.78 is 11.1. The molecule has 0 radical (unpaired) electrons. The number of piperidine rings is 1. The fourth-order valence-corrected chi connectivity index (χ4v) is 6.02. The van der Waals surface area contributed by atoms with Crippen molar-refractivity contribution in [3.05, 3.63) is 47.5 Å². The van der Waals surface area contributed by atoms with Gasteiger partial charge in [0.2, 0.25) is 5.88 Å². The lowest BCUT2D eigenvalue weighted by Crippen LogP contribution is -2.55. The highest BCUT2D eigenvalue weighted by Crippen LogP contribution is 2.40. The van der Waals surface area contributed by atoms with Gasteiger partial charge in [-0.3, -0.25) is 15.8 Å². The molecule has 0 aliphatic carbocycles. The molecule has 0 unspecified atom stereocenters. The Hall–Kier alpha value is -2.92. The van der Waals surface area contributed by atoms with Gasteiger partial charge in [0.1, 0.15) is 11.6 Å². The van der Waals surface area contributed by atoms with E-state index in [1.54, 1.807) is 14.2 Å². The fraction of sp³-hybridized carbons (Fsp3) is 0.571. The molecule has 1 spiro atoms. The lowest BCUT2D eigenvalue weighted by atomic mass is 9.86. The molecule has 38 heavy (non-hydrogen) atoms. The van der Waals surface area contributed by atoms with Crippen molar-refractivity contribution in [2.45, 2.75) is 50.3 Å². The van der Waals surface area contributed by atoms with Gasteiger partial charge < -0.3 is 24.4 Å². The van der Waals surface area contributed by atoms with Gasteiger partial charge in [-0.2, -0.15) is 4.98 Å². The number of amides is 2. The average molecular weight is 525 g/mol. The third-order valence-corrected chi connectivity index (χ3v) is 7.97. The maximum atomic E-state index is 14.1. The van der Waals surface area contributed by atoms with Crippen molar-refractivity contribution < 1.29 is 19.4 Å². The van der Waals surface area contributed by atoms with Crippen LogP contribution in [0.3, 0.4) is 0 Å². The standard InChI is InChI=1S/C28H40N6O4/c1-27(2,36)18-32-12-10-28(11-13-32)19-33(26(35)34(28)17-20-6-5-7-22(14-20)37-3)24-9-8-23(25(31-24)38-4)21-15-29-30-16-21/h5-9,14,21,29-30,36H,10-13,15-19H2,1-4H3. The first-order valence-corrected chi connectivity index (χ1v) is 13.4. The summed E-state index contributed by atoms with van der Waals surface area (Å²) in [6.45, 7) is 8.59. The SMILES string of the molecule is COc1cccc(CN2C(=O)N(c3ccc(C4CNNC4)c(OC)n3)CC23CCN(CC(C)(C)O)CC3)c1. The fourth-order valence-electron chi connectivity index (χ4n) is 6.02. The molecule has 3 saturated heterocycles. The summed E-state index contributed by atoms with van der Waals surface area (Å²) in [5, 5.41) is 10.4. The summed E-state index contributed by atoms with van der Waals surface area (Å²) in [5.41, 5.74) is 7.29. The number of methoxy groups -OCH3 is 2. The first kappa shape index (κ1) is 26.7. The van der Waals surface area contributed by atoms with Crippen LogP contribution in [0.5, 0.6) is 11.6 Å². The molecule has 2 amide bonds. The highest BCUT2D eigenvalue weighted by atomic mass is 16.5. The molecule has 0 saturated carbocycles. The largest absolute Gasteiger partial charge is 0.497 e. The van der Waals surface area contributed by atoms with E-state index in [0.717, 1.165) is 55.9 Å². The number of hydrazine groups is 1. The molecule has 2 aromatic rings. The number of likely N-dealkylation sites (tertiary alicyclic amines) is 1. The van der Waals surface area contributed by atoms with E-state index in [1.165, 1.54) is 0 Å². The molecule has 0 bridgehead atoms. The molecule has 3 aliphatic rings. The number of nitrogens with zero attached hydrogens (tertiary/aromatic N) is 4. The van der Waals surface area contributed by atoms with Gasteiger partial charge in [0.15, 0.2) is 0 Å². The number of nitrogens with one attached hydrogen (secondary N) is 2. The number of hydrogen-bond acceptors (Lipinski definition) is 8. The van der Waals surface area contributed by atoms with E-state index in [0.29, 0.717) is 31.3 Å². The van der Waals surface area contributed by atoms with Crippen LogP contribution < -0.4 is 25.2 Å². The predicted octanol–water partition coefficient (Wildman–Crippen LogP) is 2.34. The molecule has 3 N–H and O–H groups in total. The minimum atomic E-state index is -0.755. The van der Waals surface area contributed by atoms with Gasteiger partial charge in [0.05, 0.1) is 31.9 Å². The second-order valence-electron chi connectivity index (χ2n) is 11.3. The molecule has 206 valence electrons. The van der Waals surface area contributed by atoms with Crippen LogP contribution in [0, 0.1) is 0 Å². The maximum absolute atomic E-state index is 14.1. The van der Waals surface area contributed by atoms with Crippen LogP contribution in [0.1, 0.15) is 43.7 Å². The van der Waals surface area contributed by atoms with Crippen molar-refractivity contribution in [3.8, 4) is 11.6 Å². The van der Waals surface area contributed by atoms with Gasteiger partial charge in [0.25, 0.3) is 0 Å². The van der Waals surface area contributed by atoms with E-state index < -0.39 is 5.60 Å². The number of carbonyl (C=O) groups excluding carboxylic acids is 1. The molecule has 10 heteroatoms. The minimum absolute atomic E-state index is 0.0461. The van der Waals surface area contributed by atoms with Crippen LogP contribution in [0.4, 0.5) is 10.6 Å². The van der Waals surface area contributed by atoms with Crippen LogP contribution in [0.25, 0.3) is 0 Å². The zero-order chi connectivity index (χ0) is 26.9. The lowest BCUT2D eigenvalue weighted by molar-refractivity contribution is 0.00617. The number of pyridine rings is 1. The molecular weight excluding hydrogens is 484 g/mol. The van der Waals surface area contributed by atoms with Gasteiger partial charge in [-0.25, -0.2) is 4.79 Å². The van der Waals surface area contributed by atoms with Crippen molar-refractivity contribution >= 4 is 11.8 Å². The van der Waals surface area contributed by atoms with Crippen LogP contribution in [0.2, 0.25) is 0 Å². The summed E-state index contributed by atoms with van der Waals surface area (Å²) in [6, 6.07) is 11.8. The molecule has 0 atom stereocenters. The zero-order valence-electron chi connectivity index (χ0n) is 22.9. The van der Waals surface area contributed by atoms with E-state index in [4.69, 9.17) is 14.5 Å². The first-order valence-electron chi connectivity index (χ1n) is 13.4. The summed E-state index contributed by atoms with van der Waals surface area (Å²) in [5.74, 6) is 2.21. The van der Waals surface area contributed by atoms with E-state index in [2.05, 4.69) is 15.8 Å². The number of benzene rings is 1. The highest BCUT2D eigenvalue weighted by Gasteiger charge is 2.51. The van der Waals surface area contributed by atoms with Gasteiger partial charge in [0, 0.05) is 50.7 Å². The summed E-state index contributed by atoms with van der Waals surface area (Å²) in [4.78, 5) is 25.0. The Balaban J connectivity index is 1.43. The molecule has 1 aromatic carbocycles. The van der Waals surface area contributed by atoms with Gasteiger partial charge >= 0.3 is 6.03 Å². The first-order chi connectivity index (χ1) is 18.2. The quantitative estimate of drug-likeness (QED) is 0.484. The average Bonchev–Trinajstić information content (AvgIpc) is 3.53. The molecule has 4 heterocycles. The minimum Gasteiger partial charge on any atom is -0.497 e. The number of carbonyl (C=O) groups is 1. The number of urea groups is 1. The van der Waals surface area contributed by atoms with Crippen molar-refractivity contribution in [2.75, 3.05) is 58.4 Å². The Labute approximate surface area is 224 Å². The number of β-amino-alcohol motifs (C(OH)–C–C–N with tert-alkyl or cyclic N) is 1. The Kier molecular flexibility index (Phi) is 7.50. The van der Waals surface area contributed by atoms with E-state index in [1.807, 2.05) is 60.0 Å². The van der Waals surface area contributed by atoms with Crippen molar-refractivity contribution in [2.24, 2.45) is 0 Å². The second-order valence-corrected chi connectivity index (χ2v) is 11.3. The summed E-state index contributed by atoms with van der Waals surface area (Å²) >= 11 is 0. The van der Waals surface area contributed by atoms with Crippen LogP contribution >= 0.6 is 0 Å². The number of ether oxygens (including phenoxy) is 2. The number of hydrogen-bond donors (Lipinski definition) is 3. The monoisotopic (exact) mass is 524 g/mol. The Morgan fingerprint density at radius 2 is 1.84 bits per heavy atom. The maximum Gasteiger partial charge on any atom is 0.326 e. The van der Waals surface area contributed by atoms with Crippen molar-refractivity contribution in [1.29, 1.82) is 0 Å². The number of aromatic nitrogens is 1. The van der Waals surface area contributed by atoms with Crippen LogP contribution in [-0.4, -0.2) is 90.5 Å². The molecule has 3 aliphatic heterocycles. The predicted molar refractivity (Wildman–Crippen MR) is 146 cm³/mol. The van der Waals surface area contributed by atoms with E-state index in [9.17, 15) is 9.90 Å². The third-order valence-electron chi connectivity index (χ3n) is 7.97. The molecule has 3 fully saturated rings. The third kappa shape index (κ3) is 5.44. The topological polar surface area (TPSA) is 102 Å². The Bertz CT molecular complexity index is 1140. The van der Waals surface area contributed by atoms with Crippen LogP contribution in [-0.2, 0) is 6.54 Å². The molecule has 1 aromatic heterocycles. The molecule has 5 rings (SSSR count). The highest BCUT2D eigenvalue weighted by molar-refractivity contribution is 5.94. The normalized spacial score (nSPS) is 20.5. The number of aliphatic hydroxyl groups is 1. The van der Waals surface area contributed by atoms with Crippen molar-refractivity contribution in [1.82, 2.24) is 25.6 Å². The van der Waals surface area contributed by atoms with Gasteiger partial charge in [-0.05, 0) is 56.5 Å².